The van der Waals surface area contributed by atoms with E-state index >= 15 is 0 Å². The summed E-state index contributed by atoms with van der Waals surface area (Å²) in [4.78, 5) is 16.6. The van der Waals surface area contributed by atoms with Gasteiger partial charge in [0, 0.05) is 18.6 Å². The molecule has 0 fully saturated rings. The van der Waals surface area contributed by atoms with E-state index in [0.717, 1.165) is 48.6 Å². The van der Waals surface area contributed by atoms with Crippen molar-refractivity contribution in [1.82, 2.24) is 5.32 Å². The van der Waals surface area contributed by atoms with E-state index in [9.17, 15) is 4.79 Å². The number of hydrogen-bond acceptors (Lipinski definition) is 2. The van der Waals surface area contributed by atoms with E-state index in [0.29, 0.717) is 13.2 Å². The zero-order valence-corrected chi connectivity index (χ0v) is 17.2. The summed E-state index contributed by atoms with van der Waals surface area (Å²) in [6, 6.07) is 16.1. The van der Waals surface area contributed by atoms with Crippen LogP contribution in [0.5, 0.6) is 0 Å². The molecule has 2 N–H and O–H groups in total. The molecule has 1 heterocycles. The lowest BCUT2D eigenvalue weighted by molar-refractivity contribution is -0.895. The van der Waals surface area contributed by atoms with Crippen molar-refractivity contribution in [3.63, 3.8) is 0 Å². The number of nitrogens with zero attached hydrogens (tertiary/aromatic N) is 1. The maximum atomic E-state index is 13.3. The number of likely N-dealkylation sites (N-methyl/N-ethyl adjacent to an activating group) is 1. The van der Waals surface area contributed by atoms with Crippen LogP contribution in [0.1, 0.15) is 38.0 Å². The summed E-state index contributed by atoms with van der Waals surface area (Å²) >= 11 is 0. The van der Waals surface area contributed by atoms with E-state index < -0.39 is 0 Å². The summed E-state index contributed by atoms with van der Waals surface area (Å²) in [7, 11) is 0. The Morgan fingerprint density at radius 2 is 1.75 bits per heavy atom. The van der Waals surface area contributed by atoms with Gasteiger partial charge in [-0.25, -0.2) is 4.79 Å². The van der Waals surface area contributed by atoms with Crippen LogP contribution >= 0.6 is 0 Å². The molecule has 150 valence electrons. The van der Waals surface area contributed by atoms with Crippen molar-refractivity contribution in [3.8, 4) is 0 Å². The number of rotatable bonds is 7. The maximum absolute atomic E-state index is 13.3. The van der Waals surface area contributed by atoms with E-state index in [1.807, 2.05) is 48.2 Å². The number of amides is 2. The van der Waals surface area contributed by atoms with E-state index in [1.54, 1.807) is 0 Å². The molecule has 2 aromatic rings. The zero-order chi connectivity index (χ0) is 19.9. The van der Waals surface area contributed by atoms with Gasteiger partial charge in [-0.15, -0.1) is 0 Å². The van der Waals surface area contributed by atoms with Crippen LogP contribution in [0, 0.1) is 0 Å². The summed E-state index contributed by atoms with van der Waals surface area (Å²) in [6.07, 6.45) is 0.703. The maximum Gasteiger partial charge on any atom is 0.326 e. The van der Waals surface area contributed by atoms with Gasteiger partial charge >= 0.3 is 6.03 Å². The molecule has 0 unspecified atom stereocenters. The number of quaternary nitrogens is 1. The van der Waals surface area contributed by atoms with Crippen LogP contribution in [-0.4, -0.2) is 38.8 Å². The zero-order valence-electron chi connectivity index (χ0n) is 17.2. The molecule has 0 spiro atoms. The van der Waals surface area contributed by atoms with Gasteiger partial charge in [0.05, 0.1) is 43.7 Å². The van der Waals surface area contributed by atoms with Crippen molar-refractivity contribution in [2.45, 2.75) is 33.3 Å². The number of carbonyl (C=O) groups is 1. The highest BCUT2D eigenvalue weighted by molar-refractivity contribution is 6.01. The summed E-state index contributed by atoms with van der Waals surface area (Å²) in [6.45, 7) is 10.7. The van der Waals surface area contributed by atoms with E-state index in [-0.39, 0.29) is 12.1 Å². The average molecular weight is 383 g/mol. The second kappa shape index (κ2) is 9.71. The molecule has 0 aromatic heterocycles. The second-order valence-electron chi connectivity index (χ2n) is 7.11. The molecule has 0 saturated heterocycles. The van der Waals surface area contributed by atoms with Gasteiger partial charge in [0.1, 0.15) is 0 Å². The lowest BCUT2D eigenvalue weighted by atomic mass is 10.0. The van der Waals surface area contributed by atoms with Crippen molar-refractivity contribution >= 4 is 17.4 Å². The van der Waals surface area contributed by atoms with E-state index in [1.165, 1.54) is 4.90 Å². The molecular weight excluding hydrogens is 350 g/mol. The summed E-state index contributed by atoms with van der Waals surface area (Å²) in [5.74, 6) is 0. The molecule has 0 bridgehead atoms. The highest BCUT2D eigenvalue weighted by atomic mass is 16.5. The third-order valence-electron chi connectivity index (χ3n) is 5.49. The van der Waals surface area contributed by atoms with Gasteiger partial charge in [0.15, 0.2) is 0 Å². The molecule has 1 aliphatic rings. The minimum atomic E-state index is -0.0800. The molecule has 0 aliphatic carbocycles. The van der Waals surface area contributed by atoms with Gasteiger partial charge in [0.25, 0.3) is 0 Å². The molecule has 5 nitrogen and oxygen atoms in total. The Morgan fingerprint density at radius 1 is 1.07 bits per heavy atom. The smallest absolute Gasteiger partial charge is 0.326 e. The Bertz CT molecular complexity index is 789. The van der Waals surface area contributed by atoms with Crippen LogP contribution in [0.4, 0.5) is 16.2 Å². The molecular formula is C23H32N3O2+. The predicted molar refractivity (Wildman–Crippen MR) is 113 cm³/mol. The minimum Gasteiger partial charge on any atom is -0.373 e. The molecule has 1 atom stereocenters. The first kappa shape index (κ1) is 20.4. The molecule has 1 aliphatic heterocycles. The van der Waals surface area contributed by atoms with Crippen molar-refractivity contribution in [1.29, 1.82) is 0 Å². The summed E-state index contributed by atoms with van der Waals surface area (Å²) < 4.78 is 6.05. The van der Waals surface area contributed by atoms with Gasteiger partial charge in [-0.05, 0) is 38.5 Å². The van der Waals surface area contributed by atoms with Gasteiger partial charge in [-0.2, -0.15) is 0 Å². The molecule has 3 rings (SSSR count). The first-order chi connectivity index (χ1) is 13.7. The fourth-order valence-corrected chi connectivity index (χ4v) is 3.90. The number of para-hydroxylation sites is 2. The lowest BCUT2D eigenvalue weighted by Gasteiger charge is -2.26. The molecule has 28 heavy (non-hydrogen) atoms. The Balaban J connectivity index is 1.93. The Kier molecular flexibility index (Phi) is 7.06. The lowest BCUT2D eigenvalue weighted by Crippen LogP contribution is -3.12. The topological polar surface area (TPSA) is 46.0 Å². The third kappa shape index (κ3) is 4.37. The number of anilines is 2. The predicted octanol–water partition coefficient (Wildman–Crippen LogP) is 3.09. The number of benzene rings is 2. The van der Waals surface area contributed by atoms with Crippen LogP contribution in [0.15, 0.2) is 48.5 Å². The van der Waals surface area contributed by atoms with Crippen molar-refractivity contribution in [3.05, 3.63) is 59.7 Å². The molecule has 2 aromatic carbocycles. The monoisotopic (exact) mass is 382 g/mol. The Morgan fingerprint density at radius 3 is 2.46 bits per heavy atom. The average Bonchev–Trinajstić information content (AvgIpc) is 2.86. The number of nitrogens with one attached hydrogen (secondary N) is 2. The summed E-state index contributed by atoms with van der Waals surface area (Å²) in [5.41, 5.74) is 4.02. The number of urea groups is 1. The first-order valence-electron chi connectivity index (χ1n) is 10.4. The number of carbonyl (C=O) groups excluding carboxylic acids is 1. The third-order valence-corrected chi connectivity index (χ3v) is 5.49. The largest absolute Gasteiger partial charge is 0.373 e. The Labute approximate surface area is 168 Å². The number of ether oxygens (including phenoxy) is 1. The molecule has 5 heteroatoms. The molecule has 0 radical (unpaired) electrons. The van der Waals surface area contributed by atoms with E-state index in [2.05, 4.69) is 31.3 Å². The highest BCUT2D eigenvalue weighted by Crippen LogP contribution is 2.41. The van der Waals surface area contributed by atoms with E-state index in [4.69, 9.17) is 4.74 Å². The normalized spacial score (nSPS) is 15.7. The van der Waals surface area contributed by atoms with Gasteiger partial charge < -0.3 is 15.0 Å². The number of fused-ring (bicyclic) bond motifs is 2. The van der Waals surface area contributed by atoms with Crippen LogP contribution in [0.2, 0.25) is 0 Å². The standard InChI is InChI=1S/C23H31N3O2/c1-4-25(5-2)16-15-24-23(27)26-20-13-9-7-11-18(20)17-22(28-6-3)19-12-8-10-14-21(19)26/h7-14,22H,4-6,15-17H2,1-3H3,(H,24,27)/p+1/t22-/m1/s1. The van der Waals surface area contributed by atoms with Crippen molar-refractivity contribution < 1.29 is 14.4 Å². The molecule has 0 saturated carbocycles. The van der Waals surface area contributed by atoms with Gasteiger partial charge in [-0.1, -0.05) is 36.4 Å². The van der Waals surface area contributed by atoms with Crippen molar-refractivity contribution in [2.24, 2.45) is 0 Å². The van der Waals surface area contributed by atoms with Gasteiger partial charge in [-0.3, -0.25) is 4.90 Å². The fraction of sp³-hybridized carbons (Fsp3) is 0.435. The molecule has 2 amide bonds. The quantitative estimate of drug-likeness (QED) is 0.773. The van der Waals surface area contributed by atoms with Crippen LogP contribution < -0.4 is 15.1 Å². The minimum absolute atomic E-state index is 0.0553. The van der Waals surface area contributed by atoms with Crippen molar-refractivity contribution in [2.75, 3.05) is 37.7 Å². The van der Waals surface area contributed by atoms with Crippen LogP contribution in [0.25, 0.3) is 0 Å². The van der Waals surface area contributed by atoms with Crippen LogP contribution in [0.3, 0.4) is 0 Å². The van der Waals surface area contributed by atoms with Crippen LogP contribution in [-0.2, 0) is 11.2 Å². The van der Waals surface area contributed by atoms with Gasteiger partial charge in [0.2, 0.25) is 0 Å². The first-order valence-corrected chi connectivity index (χ1v) is 10.4. The second-order valence-corrected chi connectivity index (χ2v) is 7.11. The number of hydrogen-bond donors (Lipinski definition) is 2. The summed E-state index contributed by atoms with van der Waals surface area (Å²) in [5, 5.41) is 3.13. The highest BCUT2D eigenvalue weighted by Gasteiger charge is 2.30. The fourth-order valence-electron chi connectivity index (χ4n) is 3.90. The SMILES string of the molecule is CCO[C@@H]1Cc2ccccc2N(C(=O)NCC[NH+](CC)CC)c2ccccc21. The Hall–Kier alpha value is -2.37.